The van der Waals surface area contributed by atoms with E-state index < -0.39 is 0 Å². The van der Waals surface area contributed by atoms with Crippen molar-refractivity contribution in [2.24, 2.45) is 5.92 Å². The molecule has 1 fully saturated rings. The molecule has 0 unspecified atom stereocenters. The number of tetrazole rings is 1. The lowest BCUT2D eigenvalue weighted by Gasteiger charge is -2.31. The zero-order valence-electron chi connectivity index (χ0n) is 10.1. The predicted molar refractivity (Wildman–Crippen MR) is 68.1 cm³/mol. The third-order valence-corrected chi connectivity index (χ3v) is 4.11. The van der Waals surface area contributed by atoms with Crippen molar-refractivity contribution < 1.29 is 9.90 Å². The van der Waals surface area contributed by atoms with Crippen molar-refractivity contribution in [3.63, 3.8) is 0 Å². The number of hydrogen-bond acceptors (Lipinski definition) is 6. The number of aliphatic hydroxyl groups is 1. The van der Waals surface area contributed by atoms with Gasteiger partial charge in [0.25, 0.3) is 5.91 Å². The fraction of sp³-hybridized carbons (Fsp3) is 0.455. The van der Waals surface area contributed by atoms with Crippen LogP contribution in [0, 0.1) is 5.92 Å². The molecule has 1 aliphatic carbocycles. The Labute approximate surface area is 113 Å². The van der Waals surface area contributed by atoms with Crippen molar-refractivity contribution in [3.8, 4) is 5.69 Å². The molecule has 1 amide bonds. The monoisotopic (exact) mass is 279 g/mol. The molecule has 19 heavy (non-hydrogen) atoms. The van der Waals surface area contributed by atoms with Crippen molar-refractivity contribution in [1.29, 1.82) is 0 Å². The van der Waals surface area contributed by atoms with Crippen LogP contribution in [-0.4, -0.2) is 43.9 Å². The minimum absolute atomic E-state index is 0.123. The second-order valence-electron chi connectivity index (χ2n) is 4.59. The van der Waals surface area contributed by atoms with Gasteiger partial charge in [-0.3, -0.25) is 4.79 Å². The topological polar surface area (TPSA) is 92.9 Å². The summed E-state index contributed by atoms with van der Waals surface area (Å²) in [6.07, 6.45) is 2.80. The summed E-state index contributed by atoms with van der Waals surface area (Å²) in [7, 11) is 0. The minimum atomic E-state index is -0.194. The van der Waals surface area contributed by atoms with Crippen LogP contribution in [0.2, 0.25) is 0 Å². The summed E-state index contributed by atoms with van der Waals surface area (Å²) in [5, 5.41) is 24.8. The molecule has 8 heteroatoms. The Bertz CT molecular complexity index is 561. The van der Waals surface area contributed by atoms with Crippen LogP contribution >= 0.6 is 11.3 Å². The van der Waals surface area contributed by atoms with Crippen LogP contribution in [0.5, 0.6) is 0 Å². The van der Waals surface area contributed by atoms with E-state index in [0.29, 0.717) is 23.0 Å². The highest BCUT2D eigenvalue weighted by molar-refractivity contribution is 7.12. The average molecular weight is 279 g/mol. The van der Waals surface area contributed by atoms with Gasteiger partial charge >= 0.3 is 0 Å². The highest BCUT2D eigenvalue weighted by Gasteiger charge is 2.27. The Kier molecular flexibility index (Phi) is 3.26. The Balaban J connectivity index is 1.65. The first-order valence-electron chi connectivity index (χ1n) is 6.01. The summed E-state index contributed by atoms with van der Waals surface area (Å²) in [6.45, 7) is 0.600. The number of aromatic nitrogens is 4. The van der Waals surface area contributed by atoms with Gasteiger partial charge in [-0.25, -0.2) is 0 Å². The molecule has 7 nitrogen and oxygen atoms in total. The van der Waals surface area contributed by atoms with Gasteiger partial charge in [0.05, 0.1) is 11.8 Å². The standard InChI is InChI=1S/C11H13N5O2S/c17-8-3-7(4-8)5-12-11(18)10-9(1-2-19-10)16-6-13-14-15-16/h1-2,6-8,17H,3-5H2,(H,12,18). The third-order valence-electron chi connectivity index (χ3n) is 3.21. The van der Waals surface area contributed by atoms with E-state index in [-0.39, 0.29) is 12.0 Å². The van der Waals surface area contributed by atoms with E-state index in [1.54, 1.807) is 0 Å². The van der Waals surface area contributed by atoms with Gasteiger partial charge in [-0.2, -0.15) is 4.68 Å². The molecule has 2 aromatic rings. The van der Waals surface area contributed by atoms with E-state index in [4.69, 9.17) is 0 Å². The maximum Gasteiger partial charge on any atom is 0.263 e. The van der Waals surface area contributed by atoms with Crippen molar-refractivity contribution in [2.45, 2.75) is 18.9 Å². The van der Waals surface area contributed by atoms with Gasteiger partial charge in [0.15, 0.2) is 0 Å². The van der Waals surface area contributed by atoms with Gasteiger partial charge < -0.3 is 10.4 Å². The third kappa shape index (κ3) is 2.49. The largest absolute Gasteiger partial charge is 0.393 e. The Morgan fingerprint density at radius 2 is 2.42 bits per heavy atom. The van der Waals surface area contributed by atoms with Crippen molar-refractivity contribution in [2.75, 3.05) is 6.54 Å². The summed E-state index contributed by atoms with van der Waals surface area (Å²) < 4.78 is 1.47. The van der Waals surface area contributed by atoms with Gasteiger partial charge in [-0.15, -0.1) is 16.4 Å². The summed E-state index contributed by atoms with van der Waals surface area (Å²) in [5.74, 6) is 0.261. The number of thiophene rings is 1. The highest BCUT2D eigenvalue weighted by Crippen LogP contribution is 2.26. The highest BCUT2D eigenvalue weighted by atomic mass is 32.1. The van der Waals surface area contributed by atoms with Crippen LogP contribution < -0.4 is 5.32 Å². The van der Waals surface area contributed by atoms with E-state index >= 15 is 0 Å². The Hall–Kier alpha value is -1.80. The first-order chi connectivity index (χ1) is 9.24. The van der Waals surface area contributed by atoms with E-state index in [2.05, 4.69) is 20.8 Å². The zero-order valence-corrected chi connectivity index (χ0v) is 10.9. The number of nitrogens with zero attached hydrogens (tertiary/aromatic N) is 4. The zero-order chi connectivity index (χ0) is 13.2. The molecular formula is C11H13N5O2S. The van der Waals surface area contributed by atoms with Crippen LogP contribution in [0.4, 0.5) is 0 Å². The summed E-state index contributed by atoms with van der Waals surface area (Å²) in [6, 6.07) is 1.81. The maximum absolute atomic E-state index is 12.1. The van der Waals surface area contributed by atoms with Crippen molar-refractivity contribution in [1.82, 2.24) is 25.5 Å². The number of rotatable bonds is 4. The lowest BCUT2D eigenvalue weighted by molar-refractivity contribution is 0.0420. The van der Waals surface area contributed by atoms with Gasteiger partial charge in [-0.1, -0.05) is 0 Å². The van der Waals surface area contributed by atoms with Gasteiger partial charge in [0, 0.05) is 6.54 Å². The number of carbonyl (C=O) groups is 1. The molecule has 0 radical (unpaired) electrons. The second kappa shape index (κ2) is 5.06. The second-order valence-corrected chi connectivity index (χ2v) is 5.51. The molecular weight excluding hydrogens is 266 g/mol. The average Bonchev–Trinajstić information content (AvgIpc) is 3.01. The van der Waals surface area contributed by atoms with E-state index in [9.17, 15) is 9.90 Å². The lowest BCUT2D eigenvalue weighted by Crippen LogP contribution is -2.38. The first-order valence-corrected chi connectivity index (χ1v) is 6.89. The molecule has 1 aliphatic rings. The lowest BCUT2D eigenvalue weighted by atomic mass is 9.82. The number of aliphatic hydroxyl groups excluding tert-OH is 1. The molecule has 0 spiro atoms. The molecule has 0 aromatic carbocycles. The number of carbonyl (C=O) groups excluding carboxylic acids is 1. The van der Waals surface area contributed by atoms with Crippen molar-refractivity contribution >= 4 is 17.2 Å². The first kappa shape index (κ1) is 12.2. The van der Waals surface area contributed by atoms with Crippen LogP contribution in [0.15, 0.2) is 17.8 Å². The molecule has 0 bridgehead atoms. The molecule has 0 atom stereocenters. The molecule has 2 heterocycles. The molecule has 0 aliphatic heterocycles. The van der Waals surface area contributed by atoms with Crippen LogP contribution in [0.25, 0.3) is 5.69 Å². The molecule has 100 valence electrons. The quantitative estimate of drug-likeness (QED) is 0.835. The smallest absolute Gasteiger partial charge is 0.263 e. The van der Waals surface area contributed by atoms with Crippen LogP contribution in [0.3, 0.4) is 0 Å². The summed E-state index contributed by atoms with van der Waals surface area (Å²) >= 11 is 1.36. The van der Waals surface area contributed by atoms with E-state index in [1.165, 1.54) is 22.3 Å². The number of amides is 1. The molecule has 3 rings (SSSR count). The SMILES string of the molecule is O=C(NCC1CC(O)C1)c1sccc1-n1cnnn1. The number of nitrogens with one attached hydrogen (secondary N) is 1. The Morgan fingerprint density at radius 1 is 1.58 bits per heavy atom. The van der Waals surface area contributed by atoms with Gasteiger partial charge in [-0.05, 0) is 40.6 Å². The predicted octanol–water partition coefficient (Wildman–Crippen LogP) is 0.224. The molecule has 2 aromatic heterocycles. The fourth-order valence-electron chi connectivity index (χ4n) is 2.11. The maximum atomic E-state index is 12.1. The molecule has 1 saturated carbocycles. The van der Waals surface area contributed by atoms with Crippen LogP contribution in [-0.2, 0) is 0 Å². The summed E-state index contributed by atoms with van der Waals surface area (Å²) in [5.41, 5.74) is 0.682. The van der Waals surface area contributed by atoms with Gasteiger partial charge in [0.2, 0.25) is 0 Å². The molecule has 0 saturated heterocycles. The van der Waals surface area contributed by atoms with E-state index in [1.807, 2.05) is 11.4 Å². The van der Waals surface area contributed by atoms with Crippen LogP contribution in [0.1, 0.15) is 22.5 Å². The van der Waals surface area contributed by atoms with Gasteiger partial charge in [0.1, 0.15) is 11.2 Å². The Morgan fingerprint density at radius 3 is 3.11 bits per heavy atom. The van der Waals surface area contributed by atoms with Crippen molar-refractivity contribution in [3.05, 3.63) is 22.7 Å². The minimum Gasteiger partial charge on any atom is -0.393 e. The summed E-state index contributed by atoms with van der Waals surface area (Å²) in [4.78, 5) is 12.7. The molecule has 2 N–H and O–H groups in total. The van der Waals surface area contributed by atoms with E-state index in [0.717, 1.165) is 12.8 Å². The number of hydrogen-bond donors (Lipinski definition) is 2. The normalized spacial score (nSPS) is 21.9. The fourth-order valence-corrected chi connectivity index (χ4v) is 2.90.